The Morgan fingerprint density at radius 1 is 0.875 bits per heavy atom. The van der Waals surface area contributed by atoms with E-state index in [1.54, 1.807) is 13.8 Å². The highest BCUT2D eigenvalue weighted by atomic mass is 35.5. The number of benzene rings is 2. The van der Waals surface area contributed by atoms with E-state index in [1.165, 1.54) is 0 Å². The summed E-state index contributed by atoms with van der Waals surface area (Å²) in [5.41, 5.74) is 6.57. The number of nitrogens with zero attached hydrogens (tertiary/aromatic N) is 7. The van der Waals surface area contributed by atoms with Crippen molar-refractivity contribution < 1.29 is 9.59 Å². The second-order valence-corrected chi connectivity index (χ2v) is 10.9. The van der Waals surface area contributed by atoms with Gasteiger partial charge in [-0.2, -0.15) is 0 Å². The number of aromatic nitrogens is 3. The molecule has 0 radical (unpaired) electrons. The van der Waals surface area contributed by atoms with Gasteiger partial charge >= 0.3 is 0 Å². The van der Waals surface area contributed by atoms with Gasteiger partial charge in [-0.05, 0) is 30.7 Å². The fraction of sp³-hybridized carbons (Fsp3) is 0.379. The molecule has 2 saturated heterocycles. The molecule has 208 valence electrons. The lowest BCUT2D eigenvalue weighted by atomic mass is 10.1. The molecule has 11 heteroatoms. The highest BCUT2D eigenvalue weighted by Crippen LogP contribution is 2.37. The van der Waals surface area contributed by atoms with E-state index in [2.05, 4.69) is 36.6 Å². The highest BCUT2D eigenvalue weighted by molar-refractivity contribution is 6.33. The summed E-state index contributed by atoms with van der Waals surface area (Å²) in [5.74, 6) is 0.884. The van der Waals surface area contributed by atoms with Crippen LogP contribution in [0, 0.1) is 6.92 Å². The van der Waals surface area contributed by atoms with E-state index < -0.39 is 0 Å². The number of piperazine rings is 2. The number of carbonyl (C=O) groups is 2. The second kappa shape index (κ2) is 10.5. The number of hydrogen-bond acceptors (Lipinski definition) is 7. The zero-order valence-electron chi connectivity index (χ0n) is 23.0. The average molecular weight is 561 g/mol. The Hall–Kier alpha value is -4.05. The van der Waals surface area contributed by atoms with Gasteiger partial charge in [-0.3, -0.25) is 14.0 Å². The number of aryl methyl sites for hydroxylation is 1. The van der Waals surface area contributed by atoms with E-state index >= 15 is 0 Å². The minimum absolute atomic E-state index is 0.0986. The van der Waals surface area contributed by atoms with Crippen LogP contribution in [0.25, 0.3) is 16.6 Å². The van der Waals surface area contributed by atoms with Gasteiger partial charge in [0, 0.05) is 71.9 Å². The fourth-order valence-corrected chi connectivity index (χ4v) is 5.95. The Morgan fingerprint density at radius 2 is 1.52 bits per heavy atom. The maximum absolute atomic E-state index is 12.0. The van der Waals surface area contributed by atoms with Crippen molar-refractivity contribution in [2.45, 2.75) is 20.8 Å². The van der Waals surface area contributed by atoms with Crippen molar-refractivity contribution in [3.63, 3.8) is 0 Å². The van der Waals surface area contributed by atoms with Crippen LogP contribution in [0.5, 0.6) is 0 Å². The first-order valence-corrected chi connectivity index (χ1v) is 14.0. The number of fused-ring (bicyclic) bond motifs is 3. The summed E-state index contributed by atoms with van der Waals surface area (Å²) < 4.78 is 2.07. The van der Waals surface area contributed by atoms with Gasteiger partial charge in [0.05, 0.1) is 34.4 Å². The molecule has 2 aliphatic heterocycles. The monoisotopic (exact) mass is 560 g/mol. The summed E-state index contributed by atoms with van der Waals surface area (Å²) in [4.78, 5) is 42.0. The fourth-order valence-electron chi connectivity index (χ4n) is 5.69. The summed E-state index contributed by atoms with van der Waals surface area (Å²) in [7, 11) is 0. The first-order chi connectivity index (χ1) is 19.3. The lowest BCUT2D eigenvalue weighted by Crippen LogP contribution is -2.49. The first kappa shape index (κ1) is 26.2. The molecule has 1 N–H and O–H groups in total. The zero-order chi connectivity index (χ0) is 28.0. The Morgan fingerprint density at radius 3 is 2.15 bits per heavy atom. The number of halogens is 1. The Labute approximate surface area is 238 Å². The second-order valence-electron chi connectivity index (χ2n) is 10.5. The smallest absolute Gasteiger partial charge is 0.219 e. The Balaban J connectivity index is 1.47. The number of para-hydroxylation sites is 1. The molecule has 2 fully saturated rings. The molecule has 0 bridgehead atoms. The van der Waals surface area contributed by atoms with Crippen molar-refractivity contribution >= 4 is 62.8 Å². The van der Waals surface area contributed by atoms with Crippen LogP contribution in [0.2, 0.25) is 5.02 Å². The molecule has 6 rings (SSSR count). The number of carbonyl (C=O) groups excluding carboxylic acids is 2. The molecule has 4 aromatic rings. The number of rotatable bonds is 4. The molecule has 0 aliphatic carbocycles. The minimum Gasteiger partial charge on any atom is -0.368 e. The molecule has 0 unspecified atom stereocenters. The third-order valence-electron chi connectivity index (χ3n) is 8.04. The summed E-state index contributed by atoms with van der Waals surface area (Å²) in [6.07, 6.45) is 3.63. The van der Waals surface area contributed by atoms with E-state index in [1.807, 2.05) is 47.4 Å². The Bertz CT molecular complexity index is 1580. The van der Waals surface area contributed by atoms with Crippen LogP contribution in [0.1, 0.15) is 19.4 Å². The van der Waals surface area contributed by atoms with Crippen molar-refractivity contribution in [1.29, 1.82) is 0 Å². The third kappa shape index (κ3) is 4.77. The molecule has 2 amide bonds. The van der Waals surface area contributed by atoms with Crippen LogP contribution in [0.15, 0.2) is 42.9 Å². The molecule has 10 nitrogen and oxygen atoms in total. The van der Waals surface area contributed by atoms with Crippen LogP contribution < -0.4 is 15.1 Å². The normalized spacial score (nSPS) is 16.2. The van der Waals surface area contributed by atoms with Crippen LogP contribution >= 0.6 is 11.6 Å². The molecule has 0 saturated carbocycles. The zero-order valence-corrected chi connectivity index (χ0v) is 23.8. The molecule has 0 atom stereocenters. The van der Waals surface area contributed by atoms with Crippen molar-refractivity contribution in [2.75, 3.05) is 67.5 Å². The summed E-state index contributed by atoms with van der Waals surface area (Å²) in [5, 5.41) is 4.11. The lowest BCUT2D eigenvalue weighted by molar-refractivity contribution is -0.129. The number of imidazole rings is 1. The standard InChI is InChI=1S/C29H33ClN8O2/c1-19-5-4-6-23(30)27(19)32-29-26-17-31-18-38(26)25-16-22(36-11-7-34(8-12-36)20(2)39)15-24(28(25)33-29)37-13-9-35(10-14-37)21(3)40/h4-6,15-18H,7-14H2,1-3H3,(H,32,33). The predicted molar refractivity (Wildman–Crippen MR) is 159 cm³/mol. The van der Waals surface area contributed by atoms with E-state index in [-0.39, 0.29) is 11.8 Å². The van der Waals surface area contributed by atoms with Crippen LogP contribution in [0.4, 0.5) is 22.9 Å². The average Bonchev–Trinajstić information content (AvgIpc) is 3.45. The molecular formula is C29H33ClN8O2. The van der Waals surface area contributed by atoms with Gasteiger partial charge < -0.3 is 24.9 Å². The third-order valence-corrected chi connectivity index (χ3v) is 8.35. The number of anilines is 4. The summed E-state index contributed by atoms with van der Waals surface area (Å²) >= 11 is 6.57. The van der Waals surface area contributed by atoms with Gasteiger partial charge in [-0.25, -0.2) is 9.97 Å². The highest BCUT2D eigenvalue weighted by Gasteiger charge is 2.25. The number of nitrogens with one attached hydrogen (secondary N) is 1. The minimum atomic E-state index is 0.0986. The molecule has 4 heterocycles. The van der Waals surface area contributed by atoms with Gasteiger partial charge in [-0.1, -0.05) is 23.7 Å². The maximum Gasteiger partial charge on any atom is 0.219 e. The van der Waals surface area contributed by atoms with E-state index in [0.717, 1.165) is 52.3 Å². The van der Waals surface area contributed by atoms with E-state index in [0.29, 0.717) is 50.1 Å². The SMILES string of the molecule is CC(=O)N1CCN(c2cc(N3CCN(C(C)=O)CC3)c3nc(Nc4c(C)cccc4Cl)c4cncn4c3c2)CC1. The number of hydrogen-bond donors (Lipinski definition) is 1. The van der Waals surface area contributed by atoms with Gasteiger partial charge in [-0.15, -0.1) is 0 Å². The molecule has 2 aromatic heterocycles. The first-order valence-electron chi connectivity index (χ1n) is 13.6. The topological polar surface area (TPSA) is 89.3 Å². The molecule has 40 heavy (non-hydrogen) atoms. The predicted octanol–water partition coefficient (Wildman–Crippen LogP) is 3.92. The number of amides is 2. The van der Waals surface area contributed by atoms with Crippen molar-refractivity contribution in [3.05, 3.63) is 53.4 Å². The van der Waals surface area contributed by atoms with Crippen molar-refractivity contribution in [1.82, 2.24) is 24.2 Å². The Kier molecular flexibility index (Phi) is 6.87. The summed E-state index contributed by atoms with van der Waals surface area (Å²) in [6.45, 7) is 10.9. The van der Waals surface area contributed by atoms with E-state index in [9.17, 15) is 9.59 Å². The van der Waals surface area contributed by atoms with Gasteiger partial charge in [0.25, 0.3) is 0 Å². The van der Waals surface area contributed by atoms with Crippen molar-refractivity contribution in [2.24, 2.45) is 0 Å². The molecule has 2 aromatic carbocycles. The van der Waals surface area contributed by atoms with E-state index in [4.69, 9.17) is 16.6 Å². The van der Waals surface area contributed by atoms with Crippen molar-refractivity contribution in [3.8, 4) is 0 Å². The quantitative estimate of drug-likeness (QED) is 0.404. The molecule has 2 aliphatic rings. The van der Waals surface area contributed by atoms with Crippen LogP contribution in [-0.4, -0.2) is 88.3 Å². The maximum atomic E-state index is 12.0. The van der Waals surface area contributed by atoms with Crippen LogP contribution in [-0.2, 0) is 9.59 Å². The molecule has 0 spiro atoms. The largest absolute Gasteiger partial charge is 0.368 e. The van der Waals surface area contributed by atoms with Crippen LogP contribution in [0.3, 0.4) is 0 Å². The van der Waals surface area contributed by atoms with Gasteiger partial charge in [0.2, 0.25) is 11.8 Å². The van der Waals surface area contributed by atoms with Gasteiger partial charge in [0.15, 0.2) is 5.82 Å². The van der Waals surface area contributed by atoms with Gasteiger partial charge in [0.1, 0.15) is 11.0 Å². The lowest BCUT2D eigenvalue weighted by Gasteiger charge is -2.38. The summed E-state index contributed by atoms with van der Waals surface area (Å²) in [6, 6.07) is 10.2. The molecular weight excluding hydrogens is 528 g/mol.